The van der Waals surface area contributed by atoms with E-state index in [9.17, 15) is 9.90 Å². The van der Waals surface area contributed by atoms with Crippen LogP contribution in [0, 0.1) is 0 Å². The van der Waals surface area contributed by atoms with E-state index < -0.39 is 0 Å². The molecule has 0 radical (unpaired) electrons. The molecule has 0 saturated carbocycles. The standard InChI is InChI=1S/C31H37ClN2O4/c1-3-7-27-29(14-13-26(22(2)35)30(27)36)37-21-6-18-34-19-15-25(16-20-34)38-31(28-8-4-5-17-33-28)23-9-11-24(32)12-10-23/h4-5,8-14,17,25,31,36H,3,6-7,15-16,18-21H2,1-2H3. The third-order valence-electron chi connectivity index (χ3n) is 6.99. The van der Waals surface area contributed by atoms with E-state index in [0.29, 0.717) is 29.4 Å². The van der Waals surface area contributed by atoms with Crippen LogP contribution < -0.4 is 4.74 Å². The number of hydrogen-bond donors (Lipinski definition) is 1. The highest BCUT2D eigenvalue weighted by Crippen LogP contribution is 2.33. The molecule has 1 aliphatic rings. The normalized spacial score (nSPS) is 15.3. The number of phenols is 1. The van der Waals surface area contributed by atoms with Gasteiger partial charge in [0, 0.05) is 36.4 Å². The number of carbonyl (C=O) groups excluding carboxylic acids is 1. The average molecular weight is 537 g/mol. The van der Waals surface area contributed by atoms with E-state index in [-0.39, 0.29) is 23.7 Å². The Labute approximate surface area is 230 Å². The van der Waals surface area contributed by atoms with Crippen LogP contribution in [0.15, 0.2) is 60.8 Å². The Hall–Kier alpha value is -2.93. The smallest absolute Gasteiger partial charge is 0.163 e. The number of ketones is 1. The Balaban J connectivity index is 1.27. The van der Waals surface area contributed by atoms with E-state index in [4.69, 9.17) is 21.1 Å². The minimum Gasteiger partial charge on any atom is -0.507 e. The highest BCUT2D eigenvalue weighted by Gasteiger charge is 2.25. The van der Waals surface area contributed by atoms with E-state index in [2.05, 4.69) is 9.88 Å². The molecular weight excluding hydrogens is 500 g/mol. The van der Waals surface area contributed by atoms with Gasteiger partial charge in [-0.2, -0.15) is 0 Å². The van der Waals surface area contributed by atoms with Gasteiger partial charge in [0.15, 0.2) is 5.78 Å². The molecule has 1 N–H and O–H groups in total. The van der Waals surface area contributed by atoms with Gasteiger partial charge in [0.2, 0.25) is 0 Å². The maximum atomic E-state index is 11.8. The minimum absolute atomic E-state index is 0.0570. The molecule has 1 aliphatic heterocycles. The zero-order valence-electron chi connectivity index (χ0n) is 22.2. The highest BCUT2D eigenvalue weighted by molar-refractivity contribution is 6.30. The fourth-order valence-electron chi connectivity index (χ4n) is 4.95. The molecule has 2 aromatic carbocycles. The number of rotatable bonds is 12. The van der Waals surface area contributed by atoms with Crippen LogP contribution in [0.4, 0.5) is 0 Å². The molecule has 38 heavy (non-hydrogen) atoms. The highest BCUT2D eigenvalue weighted by atomic mass is 35.5. The van der Waals surface area contributed by atoms with Gasteiger partial charge in [-0.05, 0) is 74.6 Å². The number of nitrogens with zero attached hydrogens (tertiary/aromatic N) is 2. The fourth-order valence-corrected chi connectivity index (χ4v) is 5.07. The Morgan fingerprint density at radius 3 is 2.55 bits per heavy atom. The van der Waals surface area contributed by atoms with Gasteiger partial charge in [0.05, 0.1) is 24.0 Å². The monoisotopic (exact) mass is 536 g/mol. The van der Waals surface area contributed by atoms with E-state index in [1.807, 2.05) is 55.5 Å². The Kier molecular flexibility index (Phi) is 10.2. The second-order valence-electron chi connectivity index (χ2n) is 9.81. The number of halogens is 1. The molecule has 7 heteroatoms. The van der Waals surface area contributed by atoms with Crippen molar-refractivity contribution in [2.24, 2.45) is 0 Å². The SMILES string of the molecule is CCCc1c(OCCCN2CCC(OC(c3ccc(Cl)cc3)c3ccccn3)CC2)ccc(C(C)=O)c1O. The Bertz CT molecular complexity index is 1180. The van der Waals surface area contributed by atoms with Crippen molar-refractivity contribution >= 4 is 17.4 Å². The quantitative estimate of drug-likeness (QED) is 0.207. The fraction of sp³-hybridized carbons (Fsp3) is 0.419. The molecule has 0 bridgehead atoms. The van der Waals surface area contributed by atoms with Gasteiger partial charge in [-0.25, -0.2) is 0 Å². The summed E-state index contributed by atoms with van der Waals surface area (Å²) >= 11 is 6.11. The van der Waals surface area contributed by atoms with Crippen molar-refractivity contribution in [3.05, 3.63) is 88.2 Å². The number of ether oxygens (including phenoxy) is 2. The molecule has 1 saturated heterocycles. The summed E-state index contributed by atoms with van der Waals surface area (Å²) < 4.78 is 12.6. The number of benzene rings is 2. The molecule has 2 heterocycles. The number of piperidine rings is 1. The van der Waals surface area contributed by atoms with E-state index in [0.717, 1.165) is 62.1 Å². The summed E-state index contributed by atoms with van der Waals surface area (Å²) in [5, 5.41) is 11.3. The van der Waals surface area contributed by atoms with E-state index in [1.54, 1.807) is 12.3 Å². The van der Waals surface area contributed by atoms with Crippen LogP contribution in [0.5, 0.6) is 11.5 Å². The first-order valence-electron chi connectivity index (χ1n) is 13.5. The van der Waals surface area contributed by atoms with Gasteiger partial charge in [-0.15, -0.1) is 0 Å². The summed E-state index contributed by atoms with van der Waals surface area (Å²) in [4.78, 5) is 18.8. The van der Waals surface area contributed by atoms with Crippen LogP contribution in [0.25, 0.3) is 0 Å². The molecule has 0 aliphatic carbocycles. The zero-order chi connectivity index (χ0) is 26.9. The Morgan fingerprint density at radius 1 is 1.13 bits per heavy atom. The number of aromatic nitrogens is 1. The first kappa shape index (κ1) is 28.1. The average Bonchev–Trinajstić information content (AvgIpc) is 2.93. The van der Waals surface area contributed by atoms with Gasteiger partial charge >= 0.3 is 0 Å². The first-order chi connectivity index (χ1) is 18.5. The maximum Gasteiger partial charge on any atom is 0.163 e. The van der Waals surface area contributed by atoms with Crippen LogP contribution in [0.2, 0.25) is 5.02 Å². The van der Waals surface area contributed by atoms with Crippen molar-refractivity contribution < 1.29 is 19.4 Å². The van der Waals surface area contributed by atoms with Gasteiger partial charge in [-0.3, -0.25) is 9.78 Å². The van der Waals surface area contributed by atoms with Crippen molar-refractivity contribution in [3.63, 3.8) is 0 Å². The molecule has 4 rings (SSSR count). The molecule has 1 aromatic heterocycles. The second kappa shape index (κ2) is 13.7. The number of likely N-dealkylation sites (tertiary alicyclic amines) is 1. The number of aromatic hydroxyl groups is 1. The molecule has 0 amide bonds. The lowest BCUT2D eigenvalue weighted by Crippen LogP contribution is -2.38. The molecule has 1 fully saturated rings. The third-order valence-corrected chi connectivity index (χ3v) is 7.24. The summed E-state index contributed by atoms with van der Waals surface area (Å²) in [5.74, 6) is 0.587. The zero-order valence-corrected chi connectivity index (χ0v) is 23.0. The number of carbonyl (C=O) groups is 1. The van der Waals surface area contributed by atoms with E-state index >= 15 is 0 Å². The number of Topliss-reactive ketones (excluding diaryl/α,β-unsaturated/α-hetero) is 1. The van der Waals surface area contributed by atoms with Crippen LogP contribution in [0.3, 0.4) is 0 Å². The molecule has 0 spiro atoms. The topological polar surface area (TPSA) is 71.9 Å². The number of phenolic OH excluding ortho intramolecular Hbond substituents is 1. The maximum absolute atomic E-state index is 11.8. The predicted octanol–water partition coefficient (Wildman–Crippen LogP) is 6.64. The van der Waals surface area contributed by atoms with Crippen LogP contribution in [-0.4, -0.2) is 53.1 Å². The van der Waals surface area contributed by atoms with Crippen molar-refractivity contribution in [2.45, 2.75) is 58.2 Å². The second-order valence-corrected chi connectivity index (χ2v) is 10.2. The third kappa shape index (κ3) is 7.34. The van der Waals surface area contributed by atoms with Crippen LogP contribution in [-0.2, 0) is 11.2 Å². The predicted molar refractivity (Wildman–Crippen MR) is 150 cm³/mol. The van der Waals surface area contributed by atoms with Gasteiger partial charge in [0.25, 0.3) is 0 Å². The van der Waals surface area contributed by atoms with Crippen molar-refractivity contribution in [3.8, 4) is 11.5 Å². The summed E-state index contributed by atoms with van der Waals surface area (Å²) in [6, 6.07) is 17.2. The lowest BCUT2D eigenvalue weighted by atomic mass is 10.0. The van der Waals surface area contributed by atoms with Crippen molar-refractivity contribution in [1.82, 2.24) is 9.88 Å². The summed E-state index contributed by atoms with van der Waals surface area (Å²) in [5.41, 5.74) is 3.03. The summed E-state index contributed by atoms with van der Waals surface area (Å²) in [6.07, 6.45) is 6.07. The van der Waals surface area contributed by atoms with Crippen molar-refractivity contribution in [1.29, 1.82) is 0 Å². The van der Waals surface area contributed by atoms with Gasteiger partial charge in [-0.1, -0.05) is 43.1 Å². The van der Waals surface area contributed by atoms with Gasteiger partial charge in [0.1, 0.15) is 17.6 Å². The first-order valence-corrected chi connectivity index (χ1v) is 13.9. The molecule has 1 unspecified atom stereocenters. The molecule has 3 aromatic rings. The molecular formula is C31H37ClN2O4. The van der Waals surface area contributed by atoms with E-state index in [1.165, 1.54) is 6.92 Å². The van der Waals surface area contributed by atoms with Crippen molar-refractivity contribution in [2.75, 3.05) is 26.2 Å². The number of pyridine rings is 1. The Morgan fingerprint density at radius 2 is 1.89 bits per heavy atom. The largest absolute Gasteiger partial charge is 0.507 e. The summed E-state index contributed by atoms with van der Waals surface area (Å²) in [6.45, 7) is 6.95. The van der Waals surface area contributed by atoms with Gasteiger partial charge < -0.3 is 19.5 Å². The lowest BCUT2D eigenvalue weighted by Gasteiger charge is -2.34. The molecule has 6 nitrogen and oxygen atoms in total. The van der Waals surface area contributed by atoms with Crippen LogP contribution in [0.1, 0.15) is 72.8 Å². The summed E-state index contributed by atoms with van der Waals surface area (Å²) in [7, 11) is 0. The lowest BCUT2D eigenvalue weighted by molar-refractivity contribution is -0.0288. The minimum atomic E-state index is -0.221. The molecule has 1 atom stereocenters. The number of hydrogen-bond acceptors (Lipinski definition) is 6. The van der Waals surface area contributed by atoms with Crippen LogP contribution >= 0.6 is 11.6 Å². The molecule has 202 valence electrons.